The van der Waals surface area contributed by atoms with E-state index in [0.29, 0.717) is 34.2 Å². The van der Waals surface area contributed by atoms with Crippen LogP contribution < -0.4 is 15.6 Å². The van der Waals surface area contributed by atoms with Gasteiger partial charge in [0.1, 0.15) is 17.7 Å². The molecule has 1 N–H and O–H groups in total. The number of fused-ring (bicyclic) bond motifs is 1. The summed E-state index contributed by atoms with van der Waals surface area (Å²) in [5.74, 6) is -0.0429. The molecular formula is C25H26N4O3S. The van der Waals surface area contributed by atoms with E-state index in [0.717, 1.165) is 18.4 Å². The summed E-state index contributed by atoms with van der Waals surface area (Å²) in [5.41, 5.74) is 1.63. The molecule has 1 aliphatic rings. The number of thioether (sulfide) groups is 1. The second-order valence-electron chi connectivity index (χ2n) is 8.61. The largest absolute Gasteiger partial charge is 0.475 e. The van der Waals surface area contributed by atoms with Crippen molar-refractivity contribution in [3.05, 3.63) is 69.6 Å². The second-order valence-corrected chi connectivity index (χ2v) is 10.7. The quantitative estimate of drug-likeness (QED) is 0.547. The Kier molecular flexibility index (Phi) is 6.43. The number of pyridine rings is 2. The molecule has 1 amide bonds. The second kappa shape index (κ2) is 9.28. The maximum Gasteiger partial charge on any atom is 0.263 e. The average molecular weight is 463 g/mol. The van der Waals surface area contributed by atoms with E-state index in [4.69, 9.17) is 10.00 Å². The summed E-state index contributed by atoms with van der Waals surface area (Å²) in [5, 5.41) is 12.9. The SMILES string of the molecule is CC(C)SC1(COc2nccc3cc(C(=O)NCc4ccc(C#N)cc4)c(=O)n(C)c23)CC1. The minimum Gasteiger partial charge on any atom is -0.475 e. The molecule has 0 radical (unpaired) electrons. The molecule has 1 aliphatic carbocycles. The van der Waals surface area contributed by atoms with Crippen molar-refractivity contribution in [3.8, 4) is 11.9 Å². The van der Waals surface area contributed by atoms with Crippen molar-refractivity contribution in [2.45, 2.75) is 43.2 Å². The van der Waals surface area contributed by atoms with Crippen LogP contribution in [0, 0.1) is 11.3 Å². The van der Waals surface area contributed by atoms with Crippen molar-refractivity contribution >= 4 is 28.6 Å². The van der Waals surface area contributed by atoms with Crippen LogP contribution in [0.1, 0.15) is 48.2 Å². The molecule has 0 bridgehead atoms. The molecule has 170 valence electrons. The number of aryl methyl sites for hydroxylation is 1. The first-order valence-corrected chi connectivity index (χ1v) is 11.8. The van der Waals surface area contributed by atoms with Crippen LogP contribution in [-0.4, -0.2) is 32.1 Å². The van der Waals surface area contributed by atoms with Crippen molar-refractivity contribution in [2.75, 3.05) is 6.61 Å². The minimum atomic E-state index is -0.452. The fourth-order valence-electron chi connectivity index (χ4n) is 3.78. The van der Waals surface area contributed by atoms with Gasteiger partial charge in [0.05, 0.1) is 16.4 Å². The van der Waals surface area contributed by atoms with E-state index in [1.807, 2.05) is 11.8 Å². The highest BCUT2D eigenvalue weighted by Gasteiger charge is 2.45. The van der Waals surface area contributed by atoms with Gasteiger partial charge in [-0.25, -0.2) is 4.98 Å². The number of nitriles is 1. The van der Waals surface area contributed by atoms with Gasteiger partial charge in [-0.3, -0.25) is 9.59 Å². The number of nitrogens with one attached hydrogen (secondary N) is 1. The van der Waals surface area contributed by atoms with Gasteiger partial charge in [0.25, 0.3) is 11.5 Å². The van der Waals surface area contributed by atoms with Gasteiger partial charge in [0.2, 0.25) is 5.88 Å². The van der Waals surface area contributed by atoms with Gasteiger partial charge in [-0.1, -0.05) is 26.0 Å². The van der Waals surface area contributed by atoms with Gasteiger partial charge in [-0.15, -0.1) is 11.8 Å². The number of amides is 1. The smallest absolute Gasteiger partial charge is 0.263 e. The normalized spacial score (nSPS) is 14.2. The van der Waals surface area contributed by atoms with Gasteiger partial charge < -0.3 is 14.6 Å². The number of hydrogen-bond acceptors (Lipinski definition) is 6. The Balaban J connectivity index is 1.54. The number of hydrogen-bond donors (Lipinski definition) is 1. The molecule has 4 rings (SSSR count). The van der Waals surface area contributed by atoms with Crippen molar-refractivity contribution < 1.29 is 9.53 Å². The third-order valence-corrected chi connectivity index (χ3v) is 7.14. The summed E-state index contributed by atoms with van der Waals surface area (Å²) in [7, 11) is 1.63. The first-order chi connectivity index (χ1) is 15.8. The third-order valence-electron chi connectivity index (χ3n) is 5.64. The maximum absolute atomic E-state index is 13.0. The Hall–Kier alpha value is -3.31. The Morgan fingerprint density at radius 1 is 1.30 bits per heavy atom. The van der Waals surface area contributed by atoms with Gasteiger partial charge in [0.15, 0.2) is 0 Å². The van der Waals surface area contributed by atoms with Gasteiger partial charge >= 0.3 is 0 Å². The van der Waals surface area contributed by atoms with E-state index in [1.54, 1.807) is 49.6 Å². The first-order valence-electron chi connectivity index (χ1n) is 10.9. The van der Waals surface area contributed by atoms with Crippen LogP contribution in [0.5, 0.6) is 5.88 Å². The van der Waals surface area contributed by atoms with Crippen molar-refractivity contribution in [3.63, 3.8) is 0 Å². The zero-order chi connectivity index (χ0) is 23.6. The average Bonchev–Trinajstić information content (AvgIpc) is 3.57. The molecule has 0 saturated heterocycles. The molecule has 1 aromatic carbocycles. The molecule has 2 aromatic heterocycles. The molecule has 0 unspecified atom stereocenters. The monoisotopic (exact) mass is 462 g/mol. The first kappa shape index (κ1) is 22.9. The van der Waals surface area contributed by atoms with E-state index >= 15 is 0 Å². The fourth-order valence-corrected chi connectivity index (χ4v) is 5.25. The number of benzene rings is 1. The topological polar surface area (TPSA) is 97.0 Å². The summed E-state index contributed by atoms with van der Waals surface area (Å²) in [6.07, 6.45) is 3.86. The number of nitrogens with zero attached hydrogens (tertiary/aromatic N) is 3. The van der Waals surface area contributed by atoms with Crippen molar-refractivity contribution in [1.29, 1.82) is 5.26 Å². The van der Waals surface area contributed by atoms with E-state index in [1.165, 1.54) is 4.57 Å². The van der Waals surface area contributed by atoms with Gasteiger partial charge in [-0.05, 0) is 47.9 Å². The van der Waals surface area contributed by atoms with Crippen LogP contribution in [0.25, 0.3) is 10.9 Å². The van der Waals surface area contributed by atoms with Gasteiger partial charge in [-0.2, -0.15) is 5.26 Å². The predicted octanol–water partition coefficient (Wildman–Crippen LogP) is 3.79. The molecule has 3 aromatic rings. The molecule has 2 heterocycles. The zero-order valence-electron chi connectivity index (χ0n) is 18.9. The van der Waals surface area contributed by atoms with Crippen LogP contribution in [0.15, 0.2) is 47.4 Å². The summed E-state index contributed by atoms with van der Waals surface area (Å²) in [6.45, 7) is 5.16. The lowest BCUT2D eigenvalue weighted by molar-refractivity contribution is 0.0949. The molecule has 33 heavy (non-hydrogen) atoms. The van der Waals surface area contributed by atoms with Crippen molar-refractivity contribution in [2.24, 2.45) is 7.05 Å². The number of aromatic nitrogens is 2. The molecule has 0 atom stereocenters. The van der Waals surface area contributed by atoms with E-state index < -0.39 is 11.5 Å². The third kappa shape index (κ3) is 5.04. The molecular weight excluding hydrogens is 436 g/mol. The number of rotatable bonds is 8. The highest BCUT2D eigenvalue weighted by Crippen LogP contribution is 2.50. The summed E-state index contributed by atoms with van der Waals surface area (Å²) in [4.78, 5) is 30.2. The number of ether oxygens (including phenoxy) is 1. The maximum atomic E-state index is 13.0. The Morgan fingerprint density at radius 3 is 2.67 bits per heavy atom. The molecule has 8 heteroatoms. The van der Waals surface area contributed by atoms with Crippen LogP contribution in [0.2, 0.25) is 0 Å². The highest BCUT2D eigenvalue weighted by atomic mass is 32.2. The van der Waals surface area contributed by atoms with Crippen LogP contribution >= 0.6 is 11.8 Å². The van der Waals surface area contributed by atoms with E-state index in [9.17, 15) is 9.59 Å². The van der Waals surface area contributed by atoms with Crippen LogP contribution in [-0.2, 0) is 13.6 Å². The minimum absolute atomic E-state index is 0.0600. The summed E-state index contributed by atoms with van der Waals surface area (Å²) in [6, 6.07) is 12.4. The summed E-state index contributed by atoms with van der Waals surface area (Å²) >= 11 is 1.92. The van der Waals surface area contributed by atoms with Crippen LogP contribution in [0.3, 0.4) is 0 Å². The molecule has 1 fully saturated rings. The molecule has 0 aliphatic heterocycles. The lowest BCUT2D eigenvalue weighted by atomic mass is 10.1. The number of carbonyl (C=O) groups is 1. The summed E-state index contributed by atoms with van der Waals surface area (Å²) < 4.78 is 7.65. The predicted molar refractivity (Wildman–Crippen MR) is 129 cm³/mol. The van der Waals surface area contributed by atoms with Gasteiger partial charge in [0, 0.05) is 25.2 Å². The van der Waals surface area contributed by atoms with Crippen molar-refractivity contribution in [1.82, 2.24) is 14.9 Å². The van der Waals surface area contributed by atoms with E-state index in [-0.39, 0.29) is 16.9 Å². The highest BCUT2D eigenvalue weighted by molar-refractivity contribution is 8.01. The standard InChI is InChI=1S/C25H26N4O3S/c1-16(2)33-25(9-10-25)15-32-23-21-19(8-11-27-23)12-20(24(31)29(21)3)22(30)28-14-18-6-4-17(13-26)5-7-18/h4-8,11-12,16H,9-10,14-15H2,1-3H3,(H,28,30). The molecule has 1 saturated carbocycles. The fraction of sp³-hybridized carbons (Fsp3) is 0.360. The van der Waals surface area contributed by atoms with E-state index in [2.05, 4.69) is 30.2 Å². The lowest BCUT2D eigenvalue weighted by Gasteiger charge is -2.19. The number of carbonyl (C=O) groups excluding carboxylic acids is 1. The molecule has 7 nitrogen and oxygen atoms in total. The molecule has 0 spiro atoms. The Bertz CT molecular complexity index is 1290. The Morgan fingerprint density at radius 2 is 2.03 bits per heavy atom. The Labute approximate surface area is 196 Å². The zero-order valence-corrected chi connectivity index (χ0v) is 19.7. The van der Waals surface area contributed by atoms with Crippen LogP contribution in [0.4, 0.5) is 0 Å². The lowest BCUT2D eigenvalue weighted by Crippen LogP contribution is -2.32.